The van der Waals surface area contributed by atoms with E-state index in [2.05, 4.69) is 0 Å². The Balaban J connectivity index is 4.27. The van der Waals surface area contributed by atoms with Crippen molar-refractivity contribution in [1.82, 2.24) is 0 Å². The average Bonchev–Trinajstić information content (AvgIpc) is 2.03. The first-order valence-electron chi connectivity index (χ1n) is 5.07. The zero-order valence-corrected chi connectivity index (χ0v) is 9.72. The topological polar surface area (TPSA) is 43.4 Å². The van der Waals surface area contributed by atoms with Crippen molar-refractivity contribution >= 4 is 11.9 Å². The number of esters is 2. The smallest absolute Gasteiger partial charge is 0.319 e. The molecule has 0 atom stereocenters. The Morgan fingerprint density at radius 2 is 1.79 bits per heavy atom. The third-order valence-electron chi connectivity index (χ3n) is 2.09. The first-order chi connectivity index (χ1) is 6.31. The molecule has 0 N–H and O–H groups in total. The van der Waals surface area contributed by atoms with Gasteiger partial charge >= 0.3 is 11.9 Å². The van der Waals surface area contributed by atoms with Gasteiger partial charge in [0.25, 0.3) is 0 Å². The van der Waals surface area contributed by atoms with Gasteiger partial charge in [-0.05, 0) is 20.3 Å². The number of ether oxygens (including phenoxy) is 1. The molecule has 0 aromatic rings. The van der Waals surface area contributed by atoms with E-state index in [-0.39, 0.29) is 5.92 Å². The lowest BCUT2D eigenvalue weighted by atomic mass is 9.88. The maximum atomic E-state index is 11.5. The predicted octanol–water partition coefficient (Wildman–Crippen LogP) is 2.54. The third kappa shape index (κ3) is 3.90. The summed E-state index contributed by atoms with van der Waals surface area (Å²) in [5.41, 5.74) is -0.556. The second-order valence-corrected chi connectivity index (χ2v) is 4.50. The van der Waals surface area contributed by atoms with E-state index in [1.165, 1.54) is 0 Å². The summed E-state index contributed by atoms with van der Waals surface area (Å²) >= 11 is 0. The van der Waals surface area contributed by atoms with Crippen LogP contribution in [0.1, 0.15) is 47.5 Å². The minimum Gasteiger partial charge on any atom is -0.393 e. The fourth-order valence-corrected chi connectivity index (χ4v) is 1.07. The molecule has 0 aliphatic carbocycles. The number of carbonyl (C=O) groups is 2. The molecule has 14 heavy (non-hydrogen) atoms. The van der Waals surface area contributed by atoms with E-state index < -0.39 is 17.4 Å². The van der Waals surface area contributed by atoms with E-state index in [0.29, 0.717) is 0 Å². The standard InChI is InChI=1S/C11H20O3/c1-6-7-11(4,5)10(13)14-9(12)8(2)3/h8H,6-7H2,1-5H3. The fourth-order valence-electron chi connectivity index (χ4n) is 1.07. The van der Waals surface area contributed by atoms with E-state index in [9.17, 15) is 9.59 Å². The van der Waals surface area contributed by atoms with Crippen LogP contribution in [0.4, 0.5) is 0 Å². The maximum absolute atomic E-state index is 11.5. The summed E-state index contributed by atoms with van der Waals surface area (Å²) < 4.78 is 4.75. The summed E-state index contributed by atoms with van der Waals surface area (Å²) in [7, 11) is 0. The van der Waals surface area contributed by atoms with Gasteiger partial charge in [0.1, 0.15) is 0 Å². The van der Waals surface area contributed by atoms with Crippen molar-refractivity contribution in [1.29, 1.82) is 0 Å². The van der Waals surface area contributed by atoms with Gasteiger partial charge in [0.05, 0.1) is 11.3 Å². The molecule has 0 aromatic heterocycles. The molecule has 0 heterocycles. The van der Waals surface area contributed by atoms with Crippen LogP contribution in [0.2, 0.25) is 0 Å². The highest BCUT2D eigenvalue weighted by molar-refractivity contribution is 5.89. The first-order valence-corrected chi connectivity index (χ1v) is 5.07. The van der Waals surface area contributed by atoms with E-state index in [1.807, 2.05) is 6.92 Å². The van der Waals surface area contributed by atoms with E-state index in [4.69, 9.17) is 4.74 Å². The monoisotopic (exact) mass is 200 g/mol. The molecule has 0 aliphatic rings. The lowest BCUT2D eigenvalue weighted by Gasteiger charge is -2.21. The SMILES string of the molecule is CCCC(C)(C)C(=O)OC(=O)C(C)C. The lowest BCUT2D eigenvalue weighted by Crippen LogP contribution is -2.30. The van der Waals surface area contributed by atoms with Crippen molar-refractivity contribution in [2.75, 3.05) is 0 Å². The molecule has 0 bridgehead atoms. The van der Waals surface area contributed by atoms with E-state index in [1.54, 1.807) is 27.7 Å². The second-order valence-electron chi connectivity index (χ2n) is 4.50. The van der Waals surface area contributed by atoms with Crippen LogP contribution >= 0.6 is 0 Å². The Bertz CT molecular complexity index is 217. The van der Waals surface area contributed by atoms with Gasteiger partial charge in [0.2, 0.25) is 0 Å². The summed E-state index contributed by atoms with van der Waals surface area (Å²) in [5, 5.41) is 0. The predicted molar refractivity (Wildman–Crippen MR) is 54.6 cm³/mol. The minimum absolute atomic E-state index is 0.253. The number of carbonyl (C=O) groups excluding carboxylic acids is 2. The largest absolute Gasteiger partial charge is 0.393 e. The first kappa shape index (κ1) is 13.1. The van der Waals surface area contributed by atoms with Crippen molar-refractivity contribution in [2.45, 2.75) is 47.5 Å². The molecule has 0 unspecified atom stereocenters. The Kier molecular flexibility index (Phi) is 4.81. The van der Waals surface area contributed by atoms with Gasteiger partial charge in [-0.15, -0.1) is 0 Å². The molecule has 0 spiro atoms. The normalized spacial score (nSPS) is 11.6. The van der Waals surface area contributed by atoms with E-state index in [0.717, 1.165) is 12.8 Å². The molecule has 0 saturated heterocycles. The molecule has 3 heteroatoms. The van der Waals surface area contributed by atoms with Gasteiger partial charge in [-0.1, -0.05) is 27.2 Å². The van der Waals surface area contributed by atoms with Crippen molar-refractivity contribution in [2.24, 2.45) is 11.3 Å². The molecular formula is C11H20O3. The van der Waals surface area contributed by atoms with Crippen molar-refractivity contribution in [3.63, 3.8) is 0 Å². The molecule has 0 fully saturated rings. The molecule has 82 valence electrons. The van der Waals surface area contributed by atoms with Gasteiger partial charge in [-0.3, -0.25) is 9.59 Å². The molecule has 0 amide bonds. The summed E-state index contributed by atoms with van der Waals surface area (Å²) in [6.45, 7) is 9.02. The summed E-state index contributed by atoms with van der Waals surface area (Å²) in [6.07, 6.45) is 1.63. The van der Waals surface area contributed by atoms with Crippen molar-refractivity contribution in [3.05, 3.63) is 0 Å². The molecule has 0 radical (unpaired) electrons. The second kappa shape index (κ2) is 5.13. The van der Waals surface area contributed by atoms with Gasteiger partial charge < -0.3 is 4.74 Å². The zero-order chi connectivity index (χ0) is 11.4. The Morgan fingerprint density at radius 1 is 1.29 bits per heavy atom. The molecule has 0 rings (SSSR count). The molecular weight excluding hydrogens is 180 g/mol. The van der Waals surface area contributed by atoms with Crippen LogP contribution in [0, 0.1) is 11.3 Å². The summed E-state index contributed by atoms with van der Waals surface area (Å²) in [5.74, 6) is -1.12. The average molecular weight is 200 g/mol. The number of hydrogen-bond acceptors (Lipinski definition) is 3. The van der Waals surface area contributed by atoms with Gasteiger partial charge in [-0.25, -0.2) is 0 Å². The summed E-state index contributed by atoms with van der Waals surface area (Å²) in [4.78, 5) is 22.7. The highest BCUT2D eigenvalue weighted by Gasteiger charge is 2.30. The van der Waals surface area contributed by atoms with Crippen molar-refractivity contribution < 1.29 is 14.3 Å². The lowest BCUT2D eigenvalue weighted by molar-refractivity contribution is -0.168. The highest BCUT2D eigenvalue weighted by Crippen LogP contribution is 2.24. The van der Waals surface area contributed by atoms with Crippen LogP contribution in [0.3, 0.4) is 0 Å². The zero-order valence-electron chi connectivity index (χ0n) is 9.72. The van der Waals surface area contributed by atoms with Crippen LogP contribution in [0.15, 0.2) is 0 Å². The molecule has 0 aliphatic heterocycles. The molecule has 3 nitrogen and oxygen atoms in total. The van der Waals surface area contributed by atoms with Gasteiger partial charge in [-0.2, -0.15) is 0 Å². The molecule has 0 saturated carbocycles. The minimum atomic E-state index is -0.556. The molecule has 0 aromatic carbocycles. The maximum Gasteiger partial charge on any atom is 0.319 e. The van der Waals surface area contributed by atoms with E-state index >= 15 is 0 Å². The van der Waals surface area contributed by atoms with Gasteiger partial charge in [0, 0.05) is 0 Å². The van der Waals surface area contributed by atoms with Crippen LogP contribution in [-0.4, -0.2) is 11.9 Å². The van der Waals surface area contributed by atoms with Crippen molar-refractivity contribution in [3.8, 4) is 0 Å². The van der Waals surface area contributed by atoms with Crippen LogP contribution < -0.4 is 0 Å². The van der Waals surface area contributed by atoms with Crippen LogP contribution in [-0.2, 0) is 14.3 Å². The Morgan fingerprint density at radius 3 is 2.14 bits per heavy atom. The Hall–Kier alpha value is -0.860. The quantitative estimate of drug-likeness (QED) is 0.517. The van der Waals surface area contributed by atoms with Crippen LogP contribution in [0.25, 0.3) is 0 Å². The Labute approximate surface area is 85.8 Å². The van der Waals surface area contributed by atoms with Gasteiger partial charge in [0.15, 0.2) is 0 Å². The number of rotatable bonds is 4. The van der Waals surface area contributed by atoms with Crippen LogP contribution in [0.5, 0.6) is 0 Å². The fraction of sp³-hybridized carbons (Fsp3) is 0.818. The third-order valence-corrected chi connectivity index (χ3v) is 2.09. The number of hydrogen-bond donors (Lipinski definition) is 0. The summed E-state index contributed by atoms with van der Waals surface area (Å²) in [6, 6.07) is 0. The highest BCUT2D eigenvalue weighted by atomic mass is 16.6.